The van der Waals surface area contributed by atoms with Crippen LogP contribution in [0.15, 0.2) is 28.5 Å². The first-order valence-electron chi connectivity index (χ1n) is 5.44. The summed E-state index contributed by atoms with van der Waals surface area (Å²) in [6, 6.07) is 4.61. The normalized spacial score (nSPS) is 10.4. The Hall–Kier alpha value is -1.60. The van der Waals surface area contributed by atoms with Crippen LogP contribution in [0, 0.1) is 5.82 Å². The molecule has 1 aromatic carbocycles. The number of anilines is 2. The fraction of sp³-hybridized carbons (Fsp3) is 0.167. The van der Waals surface area contributed by atoms with Gasteiger partial charge in [-0.1, -0.05) is 0 Å². The molecule has 0 saturated heterocycles. The molecule has 1 heterocycles. The highest BCUT2D eigenvalue weighted by Gasteiger charge is 2.07. The van der Waals surface area contributed by atoms with Crippen LogP contribution in [-0.4, -0.2) is 10.9 Å². The SMILES string of the molecule is CC(=O)Nc1nc(CSc2ccc(N)cc2F)cs1. The number of hydrogen-bond acceptors (Lipinski definition) is 5. The summed E-state index contributed by atoms with van der Waals surface area (Å²) in [7, 11) is 0. The number of rotatable bonds is 4. The van der Waals surface area contributed by atoms with Gasteiger partial charge in [-0.3, -0.25) is 4.79 Å². The lowest BCUT2D eigenvalue weighted by Gasteiger charge is -2.02. The number of nitrogen functional groups attached to an aromatic ring is 1. The van der Waals surface area contributed by atoms with Crippen molar-refractivity contribution in [3.63, 3.8) is 0 Å². The van der Waals surface area contributed by atoms with E-state index in [1.807, 2.05) is 5.38 Å². The summed E-state index contributed by atoms with van der Waals surface area (Å²) in [6.45, 7) is 1.43. The van der Waals surface area contributed by atoms with Gasteiger partial charge in [0.25, 0.3) is 0 Å². The minimum absolute atomic E-state index is 0.155. The van der Waals surface area contributed by atoms with Crippen LogP contribution in [-0.2, 0) is 10.5 Å². The fourth-order valence-corrected chi connectivity index (χ4v) is 3.04. The Kier molecular flexibility index (Phi) is 4.39. The Morgan fingerprint density at radius 2 is 2.37 bits per heavy atom. The molecule has 0 unspecified atom stereocenters. The van der Waals surface area contributed by atoms with Crippen molar-refractivity contribution in [1.82, 2.24) is 4.98 Å². The number of nitrogens with zero attached hydrogens (tertiary/aromatic N) is 1. The van der Waals surface area contributed by atoms with Crippen LogP contribution in [0.2, 0.25) is 0 Å². The molecule has 0 bridgehead atoms. The van der Waals surface area contributed by atoms with E-state index in [4.69, 9.17) is 5.73 Å². The molecule has 100 valence electrons. The molecule has 0 radical (unpaired) electrons. The molecular formula is C12H12FN3OS2. The Morgan fingerprint density at radius 3 is 3.05 bits per heavy atom. The van der Waals surface area contributed by atoms with Crippen LogP contribution >= 0.6 is 23.1 Å². The number of aromatic nitrogens is 1. The van der Waals surface area contributed by atoms with E-state index in [1.54, 1.807) is 12.1 Å². The molecule has 3 N–H and O–H groups in total. The smallest absolute Gasteiger partial charge is 0.223 e. The van der Waals surface area contributed by atoms with Gasteiger partial charge in [-0.05, 0) is 18.2 Å². The van der Waals surface area contributed by atoms with Crippen LogP contribution in [0.1, 0.15) is 12.6 Å². The second kappa shape index (κ2) is 6.03. The van der Waals surface area contributed by atoms with E-state index in [0.29, 0.717) is 21.5 Å². The van der Waals surface area contributed by atoms with Gasteiger partial charge in [0.2, 0.25) is 5.91 Å². The molecule has 0 aliphatic carbocycles. The summed E-state index contributed by atoms with van der Waals surface area (Å²) >= 11 is 2.69. The highest BCUT2D eigenvalue weighted by atomic mass is 32.2. The van der Waals surface area contributed by atoms with Crippen LogP contribution < -0.4 is 11.1 Å². The molecule has 0 aliphatic heterocycles. The van der Waals surface area contributed by atoms with Crippen molar-refractivity contribution in [2.45, 2.75) is 17.6 Å². The van der Waals surface area contributed by atoms with Gasteiger partial charge < -0.3 is 11.1 Å². The zero-order valence-electron chi connectivity index (χ0n) is 10.1. The summed E-state index contributed by atoms with van der Waals surface area (Å²) in [5, 5.41) is 5.01. The van der Waals surface area contributed by atoms with Crippen molar-refractivity contribution in [3.05, 3.63) is 35.1 Å². The van der Waals surface area contributed by atoms with Crippen LogP contribution in [0.5, 0.6) is 0 Å². The number of nitrogens with two attached hydrogens (primary N) is 1. The number of amides is 1. The lowest BCUT2D eigenvalue weighted by atomic mass is 10.3. The number of carbonyl (C=O) groups excluding carboxylic acids is 1. The van der Waals surface area contributed by atoms with Crippen LogP contribution in [0.25, 0.3) is 0 Å². The highest BCUT2D eigenvalue weighted by molar-refractivity contribution is 7.98. The van der Waals surface area contributed by atoms with E-state index in [-0.39, 0.29) is 11.7 Å². The van der Waals surface area contributed by atoms with E-state index in [1.165, 1.54) is 36.1 Å². The molecule has 19 heavy (non-hydrogen) atoms. The van der Waals surface area contributed by atoms with Crippen molar-refractivity contribution in [2.75, 3.05) is 11.1 Å². The molecule has 0 saturated carbocycles. The Morgan fingerprint density at radius 1 is 1.58 bits per heavy atom. The number of hydrogen-bond donors (Lipinski definition) is 2. The second-order valence-electron chi connectivity index (χ2n) is 3.80. The maximum Gasteiger partial charge on any atom is 0.223 e. The van der Waals surface area contributed by atoms with E-state index in [2.05, 4.69) is 10.3 Å². The fourth-order valence-electron chi connectivity index (χ4n) is 1.37. The standard InChI is InChI=1S/C12H12FN3OS2/c1-7(17)15-12-16-9(6-19-12)5-18-11-3-2-8(14)4-10(11)13/h2-4,6H,5,14H2,1H3,(H,15,16,17). The first kappa shape index (κ1) is 13.8. The Balaban J connectivity index is 1.98. The summed E-state index contributed by atoms with van der Waals surface area (Å²) in [4.78, 5) is 15.6. The van der Waals surface area contributed by atoms with Gasteiger partial charge >= 0.3 is 0 Å². The topological polar surface area (TPSA) is 68.0 Å². The second-order valence-corrected chi connectivity index (χ2v) is 5.68. The van der Waals surface area contributed by atoms with E-state index < -0.39 is 0 Å². The third-order valence-electron chi connectivity index (χ3n) is 2.17. The molecule has 0 spiro atoms. The highest BCUT2D eigenvalue weighted by Crippen LogP contribution is 2.28. The minimum atomic E-state index is -0.331. The Bertz CT molecular complexity index is 600. The van der Waals surface area contributed by atoms with E-state index >= 15 is 0 Å². The lowest BCUT2D eigenvalue weighted by Crippen LogP contribution is -2.05. The van der Waals surface area contributed by atoms with Crippen molar-refractivity contribution in [1.29, 1.82) is 0 Å². The van der Waals surface area contributed by atoms with E-state index in [0.717, 1.165) is 5.69 Å². The van der Waals surface area contributed by atoms with Gasteiger partial charge in [0.05, 0.1) is 5.69 Å². The van der Waals surface area contributed by atoms with Crippen LogP contribution in [0.3, 0.4) is 0 Å². The minimum Gasteiger partial charge on any atom is -0.399 e. The van der Waals surface area contributed by atoms with Gasteiger partial charge in [-0.15, -0.1) is 23.1 Å². The van der Waals surface area contributed by atoms with Gasteiger partial charge in [0, 0.05) is 28.6 Å². The molecule has 1 aromatic heterocycles. The predicted molar refractivity (Wildman–Crippen MR) is 76.8 cm³/mol. The maximum absolute atomic E-state index is 13.6. The molecule has 0 aliphatic rings. The van der Waals surface area contributed by atoms with Crippen molar-refractivity contribution < 1.29 is 9.18 Å². The first-order valence-corrected chi connectivity index (χ1v) is 7.31. The zero-order valence-corrected chi connectivity index (χ0v) is 11.8. The molecular weight excluding hydrogens is 285 g/mol. The van der Waals surface area contributed by atoms with Gasteiger partial charge in [0.15, 0.2) is 5.13 Å². The van der Waals surface area contributed by atoms with E-state index in [9.17, 15) is 9.18 Å². The predicted octanol–water partition coefficient (Wildman–Crippen LogP) is 3.12. The monoisotopic (exact) mass is 297 g/mol. The summed E-state index contributed by atoms with van der Waals surface area (Å²) in [6.07, 6.45) is 0. The zero-order chi connectivity index (χ0) is 13.8. The van der Waals surface area contributed by atoms with Crippen LogP contribution in [0.4, 0.5) is 15.2 Å². The molecule has 2 rings (SSSR count). The molecule has 0 atom stereocenters. The molecule has 0 fully saturated rings. The largest absolute Gasteiger partial charge is 0.399 e. The van der Waals surface area contributed by atoms with Gasteiger partial charge in [-0.2, -0.15) is 0 Å². The lowest BCUT2D eigenvalue weighted by molar-refractivity contribution is -0.114. The number of halogens is 1. The average Bonchev–Trinajstić information content (AvgIpc) is 2.74. The summed E-state index contributed by atoms with van der Waals surface area (Å²) in [5.41, 5.74) is 6.69. The molecule has 1 amide bonds. The summed E-state index contributed by atoms with van der Waals surface area (Å²) in [5.74, 6) is 0.0529. The average molecular weight is 297 g/mol. The number of carbonyl (C=O) groups is 1. The Labute approximate surface area is 118 Å². The number of thiazole rings is 1. The van der Waals surface area contributed by atoms with Crippen molar-refractivity contribution in [3.8, 4) is 0 Å². The van der Waals surface area contributed by atoms with Gasteiger partial charge in [0.1, 0.15) is 5.82 Å². The number of thioether (sulfide) groups is 1. The first-order chi connectivity index (χ1) is 9.04. The number of nitrogens with one attached hydrogen (secondary N) is 1. The molecule has 4 nitrogen and oxygen atoms in total. The van der Waals surface area contributed by atoms with Crippen molar-refractivity contribution in [2.24, 2.45) is 0 Å². The van der Waals surface area contributed by atoms with Gasteiger partial charge in [-0.25, -0.2) is 9.37 Å². The summed E-state index contributed by atoms with van der Waals surface area (Å²) < 4.78 is 13.6. The maximum atomic E-state index is 13.6. The third kappa shape index (κ3) is 3.93. The quantitative estimate of drug-likeness (QED) is 0.672. The molecule has 2 aromatic rings. The third-order valence-corrected chi connectivity index (χ3v) is 4.05. The number of benzene rings is 1. The van der Waals surface area contributed by atoms with Crippen molar-refractivity contribution >= 4 is 39.8 Å². The molecule has 7 heteroatoms.